The normalized spacial score (nSPS) is 10.5. The molecule has 2 rings (SSSR count). The summed E-state index contributed by atoms with van der Waals surface area (Å²) in [5, 5.41) is 7.44. The Balaban J connectivity index is 2.02. The Morgan fingerprint density at radius 3 is 2.80 bits per heavy atom. The lowest BCUT2D eigenvalue weighted by atomic mass is 10.3. The predicted octanol–water partition coefficient (Wildman–Crippen LogP) is 2.41. The fraction of sp³-hybridized carbons (Fsp3) is 0.333. The molecule has 0 spiro atoms. The molecule has 0 aliphatic heterocycles. The zero-order valence-corrected chi connectivity index (χ0v) is 10.2. The summed E-state index contributed by atoms with van der Waals surface area (Å²) >= 11 is 3.05. The van der Waals surface area contributed by atoms with Gasteiger partial charge in [0.2, 0.25) is 0 Å². The summed E-state index contributed by atoms with van der Waals surface area (Å²) < 4.78 is 4.07. The number of rotatable bonds is 3. The summed E-state index contributed by atoms with van der Waals surface area (Å²) in [5.41, 5.74) is 7.75. The van der Waals surface area contributed by atoms with Crippen LogP contribution in [0.25, 0.3) is 0 Å². The van der Waals surface area contributed by atoms with Crippen molar-refractivity contribution in [1.29, 1.82) is 0 Å². The maximum Gasteiger partial charge on any atom is 0.142 e. The Kier molecular flexibility index (Phi) is 2.88. The van der Waals surface area contributed by atoms with E-state index in [4.69, 9.17) is 5.73 Å². The zero-order chi connectivity index (χ0) is 10.8. The van der Waals surface area contributed by atoms with Gasteiger partial charge in [-0.2, -0.15) is 4.37 Å². The number of nitrogens with zero attached hydrogens (tertiary/aromatic N) is 2. The first-order valence-electron chi connectivity index (χ1n) is 4.53. The first-order valence-corrected chi connectivity index (χ1v) is 6.18. The second-order valence-corrected chi connectivity index (χ2v) is 4.97. The van der Waals surface area contributed by atoms with Crippen LogP contribution in [0.4, 0.5) is 10.8 Å². The fourth-order valence-electron chi connectivity index (χ4n) is 1.15. The van der Waals surface area contributed by atoms with Crippen molar-refractivity contribution in [1.82, 2.24) is 9.36 Å². The molecule has 2 aromatic heterocycles. The van der Waals surface area contributed by atoms with E-state index in [2.05, 4.69) is 14.7 Å². The maximum absolute atomic E-state index is 5.66. The van der Waals surface area contributed by atoms with Gasteiger partial charge in [0.25, 0.3) is 0 Å². The van der Waals surface area contributed by atoms with Crippen molar-refractivity contribution in [2.45, 2.75) is 20.4 Å². The van der Waals surface area contributed by atoms with Crippen LogP contribution in [0.1, 0.15) is 16.3 Å². The Labute approximate surface area is 96.3 Å². The van der Waals surface area contributed by atoms with Gasteiger partial charge in [-0.3, -0.25) is 0 Å². The van der Waals surface area contributed by atoms with Gasteiger partial charge in [-0.25, -0.2) is 4.98 Å². The van der Waals surface area contributed by atoms with Crippen LogP contribution in [0.15, 0.2) is 5.38 Å². The highest BCUT2D eigenvalue weighted by atomic mass is 32.1. The highest BCUT2D eigenvalue weighted by Gasteiger charge is 2.06. The van der Waals surface area contributed by atoms with E-state index >= 15 is 0 Å². The Hall–Kier alpha value is -1.14. The lowest BCUT2D eigenvalue weighted by Gasteiger charge is -2.00. The molecule has 4 nitrogen and oxygen atoms in total. The summed E-state index contributed by atoms with van der Waals surface area (Å²) in [7, 11) is 0. The van der Waals surface area contributed by atoms with Crippen LogP contribution >= 0.6 is 22.9 Å². The minimum atomic E-state index is 0.609. The quantitative estimate of drug-likeness (QED) is 0.864. The number of hydrogen-bond acceptors (Lipinski definition) is 6. The lowest BCUT2D eigenvalue weighted by molar-refractivity contribution is 1.08. The van der Waals surface area contributed by atoms with Gasteiger partial charge in [-0.05, 0) is 25.4 Å². The molecule has 0 amide bonds. The number of aromatic nitrogens is 2. The molecule has 0 saturated carbocycles. The summed E-state index contributed by atoms with van der Waals surface area (Å²) in [4.78, 5) is 4.37. The van der Waals surface area contributed by atoms with Crippen molar-refractivity contribution in [2.24, 2.45) is 0 Å². The molecule has 0 aromatic carbocycles. The van der Waals surface area contributed by atoms with Crippen LogP contribution in [-0.2, 0) is 6.54 Å². The van der Waals surface area contributed by atoms with Crippen molar-refractivity contribution in [3.8, 4) is 0 Å². The molecule has 3 N–H and O–H groups in total. The molecule has 0 aliphatic rings. The van der Waals surface area contributed by atoms with Gasteiger partial charge in [0.1, 0.15) is 15.8 Å². The second-order valence-electron chi connectivity index (χ2n) is 3.26. The van der Waals surface area contributed by atoms with E-state index in [0.29, 0.717) is 5.82 Å². The summed E-state index contributed by atoms with van der Waals surface area (Å²) in [6.45, 7) is 4.70. The zero-order valence-electron chi connectivity index (χ0n) is 8.57. The molecular weight excluding hydrogens is 228 g/mol. The molecule has 2 heterocycles. The standard InChI is InChI=1S/C9H12N4S2/c1-5-4-14-7(12-5)3-11-9-6(2)8(10)13-15-9/h4,11H,3H2,1-2H3,(H2,10,13). The highest BCUT2D eigenvalue weighted by molar-refractivity contribution is 7.11. The third-order valence-electron chi connectivity index (χ3n) is 2.03. The van der Waals surface area contributed by atoms with Crippen molar-refractivity contribution < 1.29 is 0 Å². The van der Waals surface area contributed by atoms with Crippen LogP contribution in [0, 0.1) is 13.8 Å². The number of anilines is 2. The molecule has 80 valence electrons. The summed E-state index contributed by atoms with van der Waals surface area (Å²) in [6.07, 6.45) is 0. The van der Waals surface area contributed by atoms with Crippen LogP contribution in [-0.4, -0.2) is 9.36 Å². The topological polar surface area (TPSA) is 63.8 Å². The molecule has 2 aromatic rings. The third-order valence-corrected chi connectivity index (χ3v) is 3.91. The molecule has 0 atom stereocenters. The Morgan fingerprint density at radius 1 is 1.47 bits per heavy atom. The number of thiazole rings is 1. The van der Waals surface area contributed by atoms with E-state index in [1.807, 2.05) is 19.2 Å². The number of nitrogen functional groups attached to an aromatic ring is 1. The molecule has 0 aliphatic carbocycles. The number of nitrogens with two attached hydrogens (primary N) is 1. The van der Waals surface area contributed by atoms with E-state index < -0.39 is 0 Å². The van der Waals surface area contributed by atoms with E-state index in [0.717, 1.165) is 27.8 Å². The predicted molar refractivity (Wildman–Crippen MR) is 65.4 cm³/mol. The lowest BCUT2D eigenvalue weighted by Crippen LogP contribution is -1.98. The van der Waals surface area contributed by atoms with Crippen LogP contribution in [0.2, 0.25) is 0 Å². The fourth-order valence-corrected chi connectivity index (χ4v) is 2.57. The van der Waals surface area contributed by atoms with Crippen molar-refractivity contribution in [2.75, 3.05) is 11.1 Å². The molecule has 0 unspecified atom stereocenters. The van der Waals surface area contributed by atoms with Gasteiger partial charge in [0.15, 0.2) is 0 Å². The van der Waals surface area contributed by atoms with Crippen molar-refractivity contribution in [3.63, 3.8) is 0 Å². The average Bonchev–Trinajstić information content (AvgIpc) is 2.74. The molecule has 0 bridgehead atoms. The minimum absolute atomic E-state index is 0.609. The number of hydrogen-bond donors (Lipinski definition) is 2. The maximum atomic E-state index is 5.66. The largest absolute Gasteiger partial charge is 0.383 e. The van der Waals surface area contributed by atoms with Gasteiger partial charge in [-0.1, -0.05) is 0 Å². The molecule has 0 saturated heterocycles. The van der Waals surface area contributed by atoms with Gasteiger partial charge in [0.05, 0.1) is 6.54 Å². The van der Waals surface area contributed by atoms with Crippen LogP contribution in [0.3, 0.4) is 0 Å². The SMILES string of the molecule is Cc1csc(CNc2snc(N)c2C)n1. The first kappa shape index (κ1) is 10.4. The smallest absolute Gasteiger partial charge is 0.142 e. The average molecular weight is 240 g/mol. The molecule has 6 heteroatoms. The monoisotopic (exact) mass is 240 g/mol. The summed E-state index contributed by atoms with van der Waals surface area (Å²) in [6, 6.07) is 0. The Bertz CT molecular complexity index is 460. The van der Waals surface area contributed by atoms with Crippen molar-refractivity contribution >= 4 is 33.7 Å². The molecule has 0 fully saturated rings. The van der Waals surface area contributed by atoms with Crippen LogP contribution in [0.5, 0.6) is 0 Å². The highest BCUT2D eigenvalue weighted by Crippen LogP contribution is 2.25. The van der Waals surface area contributed by atoms with E-state index in [9.17, 15) is 0 Å². The van der Waals surface area contributed by atoms with E-state index in [1.54, 1.807) is 11.3 Å². The van der Waals surface area contributed by atoms with E-state index in [1.165, 1.54) is 11.5 Å². The Morgan fingerprint density at radius 2 is 2.27 bits per heavy atom. The van der Waals surface area contributed by atoms with Crippen molar-refractivity contribution in [3.05, 3.63) is 21.6 Å². The van der Waals surface area contributed by atoms with Gasteiger partial charge in [0, 0.05) is 16.6 Å². The van der Waals surface area contributed by atoms with E-state index in [-0.39, 0.29) is 0 Å². The van der Waals surface area contributed by atoms with Gasteiger partial charge in [-0.15, -0.1) is 11.3 Å². The summed E-state index contributed by atoms with van der Waals surface area (Å²) in [5.74, 6) is 0.609. The number of nitrogens with one attached hydrogen (secondary N) is 1. The van der Waals surface area contributed by atoms with Gasteiger partial charge < -0.3 is 11.1 Å². The second kappa shape index (κ2) is 4.16. The van der Waals surface area contributed by atoms with Crippen LogP contribution < -0.4 is 11.1 Å². The molecule has 0 radical (unpaired) electrons. The number of aryl methyl sites for hydroxylation is 1. The molecule has 15 heavy (non-hydrogen) atoms. The van der Waals surface area contributed by atoms with Gasteiger partial charge >= 0.3 is 0 Å². The minimum Gasteiger partial charge on any atom is -0.383 e. The third kappa shape index (κ3) is 2.27. The first-order chi connectivity index (χ1) is 7.16. The molecular formula is C9H12N4S2.